The van der Waals surface area contributed by atoms with Crippen molar-refractivity contribution in [1.29, 1.82) is 0 Å². The molecule has 0 spiro atoms. The first-order valence-corrected chi connectivity index (χ1v) is 17.0. The van der Waals surface area contributed by atoms with Gasteiger partial charge in [0.1, 0.15) is 0 Å². The molecule has 0 amide bonds. The van der Waals surface area contributed by atoms with Crippen LogP contribution in [0.3, 0.4) is 0 Å². The minimum absolute atomic E-state index is 0. The molecule has 4 aliphatic carbocycles. The molecule has 4 aliphatic rings. The van der Waals surface area contributed by atoms with E-state index in [1.54, 1.807) is 0 Å². The molecule has 4 unspecified atom stereocenters. The van der Waals surface area contributed by atoms with Crippen LogP contribution in [0.1, 0.15) is 107 Å². The minimum Gasteiger partial charge on any atom is -0.675 e. The first kappa shape index (κ1) is 44.3. The molecule has 6 rings (SSSR count). The number of fused-ring (bicyclic) bond motifs is 3. The van der Waals surface area contributed by atoms with Crippen molar-refractivity contribution >= 4 is 22.1 Å². The molecule has 4 atom stereocenters. The van der Waals surface area contributed by atoms with Crippen molar-refractivity contribution in [2.24, 2.45) is 23.7 Å². The van der Waals surface area contributed by atoms with Crippen LogP contribution in [-0.2, 0) is 21.7 Å². The third-order valence-corrected chi connectivity index (χ3v) is 9.77. The average molecular weight is 672 g/mol. The zero-order valence-electron chi connectivity index (χ0n) is 28.6. The van der Waals surface area contributed by atoms with E-state index in [4.69, 9.17) is 5.73 Å². The van der Waals surface area contributed by atoms with Crippen molar-refractivity contribution in [3.8, 4) is 0 Å². The second-order valence-electron chi connectivity index (χ2n) is 12.9. The molecule has 0 heterocycles. The Morgan fingerprint density at radius 2 is 1.00 bits per heavy atom. The number of benzene rings is 2. The Labute approximate surface area is 304 Å². The summed E-state index contributed by atoms with van der Waals surface area (Å²) in [4.78, 5) is 0. The molecule has 3 fully saturated rings. The molecule has 0 saturated heterocycles. The molecule has 0 aliphatic heterocycles. The van der Waals surface area contributed by atoms with Crippen LogP contribution in [0.5, 0.6) is 0 Å². The molecule has 3 saturated carbocycles. The Morgan fingerprint density at radius 3 is 1.50 bits per heavy atom. The summed E-state index contributed by atoms with van der Waals surface area (Å²) in [6.45, 7) is 8.20. The van der Waals surface area contributed by atoms with Gasteiger partial charge < -0.3 is 27.0 Å². The van der Waals surface area contributed by atoms with Crippen LogP contribution >= 0.6 is 0 Å². The molecule has 3 heteroatoms. The van der Waals surface area contributed by atoms with Crippen LogP contribution in [-0.4, -0.2) is 17.0 Å². The quantitative estimate of drug-likeness (QED) is 0.176. The Kier molecular flexibility index (Phi) is 24.4. The molecule has 2 aromatic carbocycles. The van der Waals surface area contributed by atoms with Gasteiger partial charge in [0.2, 0.25) is 0 Å². The molecule has 0 bridgehead atoms. The summed E-state index contributed by atoms with van der Waals surface area (Å²) >= 11 is 0. The summed E-state index contributed by atoms with van der Waals surface area (Å²) in [5.41, 5.74) is 12.0. The molecule has 1 nitrogen and oxygen atoms in total. The van der Waals surface area contributed by atoms with Crippen molar-refractivity contribution in [2.75, 3.05) is 0 Å². The molecule has 0 aromatic heterocycles. The normalized spacial score (nSPS) is 23.8. The van der Waals surface area contributed by atoms with Crippen LogP contribution in [0.25, 0.3) is 16.9 Å². The van der Waals surface area contributed by atoms with E-state index in [0.717, 1.165) is 58.8 Å². The van der Waals surface area contributed by atoms with Crippen LogP contribution in [0.2, 0.25) is 0 Å². The monoisotopic (exact) mass is 671 g/mol. The number of hydrogen-bond acceptors (Lipinski definition) is 0. The van der Waals surface area contributed by atoms with Crippen molar-refractivity contribution in [2.45, 2.75) is 102 Å². The van der Waals surface area contributed by atoms with E-state index in [1.807, 2.05) is 36.4 Å². The maximum absolute atomic E-state index is 7.80. The fraction of sp³-hybridized carbons (Fsp3) is 0.465. The van der Waals surface area contributed by atoms with Crippen LogP contribution in [0.15, 0.2) is 98.1 Å². The number of hydrogen-bond donors (Lipinski definition) is 0. The summed E-state index contributed by atoms with van der Waals surface area (Å²) in [6.07, 6.45) is 32.6. The molecule has 250 valence electrons. The third kappa shape index (κ3) is 14.6. The Bertz CT molecular complexity index is 1060. The second kappa shape index (κ2) is 25.3. The smallest absolute Gasteiger partial charge is 0.675 e. The van der Waals surface area contributed by atoms with Gasteiger partial charge in [-0.25, -0.2) is 0 Å². The van der Waals surface area contributed by atoms with Gasteiger partial charge in [0, 0.05) is 0 Å². The summed E-state index contributed by atoms with van der Waals surface area (Å²) < 4.78 is 0. The zero-order chi connectivity index (χ0) is 29.4. The van der Waals surface area contributed by atoms with Crippen molar-refractivity contribution in [3.63, 3.8) is 0 Å². The maximum atomic E-state index is 7.80. The first-order valence-electron chi connectivity index (χ1n) is 17.0. The Balaban J connectivity index is 0.000000637. The van der Waals surface area contributed by atoms with E-state index in [9.17, 15) is 0 Å². The van der Waals surface area contributed by atoms with E-state index in [-0.39, 0.29) is 53.6 Å². The summed E-state index contributed by atoms with van der Waals surface area (Å²) in [5.74, 6) is 3.56. The van der Waals surface area contributed by atoms with Gasteiger partial charge in [-0.1, -0.05) is 194 Å². The van der Waals surface area contributed by atoms with Gasteiger partial charge in [-0.05, 0) is 39.2 Å². The fourth-order valence-corrected chi connectivity index (χ4v) is 7.24. The van der Waals surface area contributed by atoms with Gasteiger partial charge >= 0.3 is 21.7 Å². The van der Waals surface area contributed by atoms with Crippen molar-refractivity contribution in [3.05, 3.63) is 136 Å². The van der Waals surface area contributed by atoms with E-state index < -0.39 is 0 Å². The summed E-state index contributed by atoms with van der Waals surface area (Å²) in [5, 5.41) is 0. The molecule has 2 aromatic rings. The van der Waals surface area contributed by atoms with Crippen LogP contribution in [0.4, 0.5) is 0 Å². The second-order valence-corrected chi connectivity index (χ2v) is 12.9. The van der Waals surface area contributed by atoms with Crippen LogP contribution in [0, 0.1) is 44.9 Å². The van der Waals surface area contributed by atoms with E-state index >= 15 is 0 Å². The summed E-state index contributed by atoms with van der Waals surface area (Å²) in [7, 11) is 0. The van der Waals surface area contributed by atoms with E-state index in [0.29, 0.717) is 0 Å². The fourth-order valence-electron chi connectivity index (χ4n) is 7.24. The molecule has 1 N–H and O–H groups in total. The van der Waals surface area contributed by atoms with Crippen molar-refractivity contribution < 1.29 is 21.7 Å². The van der Waals surface area contributed by atoms with Gasteiger partial charge in [0.05, 0.1) is 0 Å². The minimum atomic E-state index is 0. The topological polar surface area (TPSA) is 23.8 Å². The van der Waals surface area contributed by atoms with E-state index in [2.05, 4.69) is 68.1 Å². The maximum Gasteiger partial charge on any atom is 4.00 e. The number of rotatable bonds is 3. The zero-order valence-corrected chi connectivity index (χ0v) is 30.1. The standard InChI is InChI=1S/C16H14.C13H17.C12H24N.2CH3.H4Si.Ti/c1-13(15-9-5-3-6-10-15)14(2)16-11-7-4-8-12-16;1-3-7-12-10(5-1)9-11-6-2-4-8-13(11)12;13-12-10-8-6-4-2-1-3-5-7-9-11-12;;;;/h3-12H,1-2H2;1,3,5,7,9-13H,2,4,6,8H2;12-13H,1-11H2;2*1H3;1H4;/q;4*-1;;+4. The Morgan fingerprint density at radius 1 is 0.587 bits per heavy atom. The van der Waals surface area contributed by atoms with Gasteiger partial charge in [-0.15, -0.1) is 18.0 Å². The van der Waals surface area contributed by atoms with Gasteiger partial charge in [-0.2, -0.15) is 5.92 Å². The van der Waals surface area contributed by atoms with Gasteiger partial charge in [0.15, 0.2) is 0 Å². The van der Waals surface area contributed by atoms with Gasteiger partial charge in [-0.3, -0.25) is 0 Å². The first-order chi connectivity index (χ1) is 20.6. The largest absolute Gasteiger partial charge is 4.00 e. The van der Waals surface area contributed by atoms with E-state index in [1.165, 1.54) is 83.5 Å². The number of allylic oxidation sites excluding steroid dienone is 6. The predicted molar refractivity (Wildman–Crippen MR) is 209 cm³/mol. The van der Waals surface area contributed by atoms with Gasteiger partial charge in [0.25, 0.3) is 0 Å². The predicted octanol–water partition coefficient (Wildman–Crippen LogP) is 11.9. The molecular weight excluding hydrogens is 606 g/mol. The third-order valence-electron chi connectivity index (χ3n) is 9.77. The Hall–Kier alpha value is -1.71. The average Bonchev–Trinajstić information content (AvgIpc) is 3.42. The molecular formula is C43H65NSiTi. The molecule has 46 heavy (non-hydrogen) atoms. The SMILES string of the molecule is C1=CC2[CH-]C3CCCCC3C2C=C1.C=C(C(=C)c1ccccc1)c1ccccc1.[CH3-].[CH3-].[NH-]C1CCCCCCCCCCC1.[SiH4].[Ti+4]. The summed E-state index contributed by atoms with van der Waals surface area (Å²) in [6, 6.07) is 20.5. The van der Waals surface area contributed by atoms with Crippen LogP contribution < -0.4 is 0 Å². The van der Waals surface area contributed by atoms with Crippen molar-refractivity contribution in [1.82, 2.24) is 0 Å². The molecule has 0 radical (unpaired) electrons. The number of nitrogens with one attached hydrogen (secondary N) is 1.